The van der Waals surface area contributed by atoms with Gasteiger partial charge in [-0.1, -0.05) is 54.6 Å². The first kappa shape index (κ1) is 23.1. The van der Waals surface area contributed by atoms with Gasteiger partial charge in [-0.05, 0) is 42.5 Å². The number of quaternary nitrogens is 1. The Morgan fingerprint density at radius 1 is 0.686 bits per heavy atom. The molecular weight excluding hydrogens is 459 g/mol. The van der Waals surface area contributed by atoms with Crippen LogP contribution in [0.4, 0.5) is 5.69 Å². The van der Waals surface area contributed by atoms with Gasteiger partial charge in [0.2, 0.25) is 0 Å². The molecule has 4 aromatic rings. The van der Waals surface area contributed by atoms with Crippen LogP contribution in [0, 0.1) is 5.21 Å². The van der Waals surface area contributed by atoms with Crippen molar-refractivity contribution >= 4 is 40.7 Å². The quantitative estimate of drug-likeness (QED) is 0.241. The zero-order chi connectivity index (χ0) is 24.4. The van der Waals surface area contributed by atoms with E-state index in [1.807, 2.05) is 54.6 Å². The summed E-state index contributed by atoms with van der Waals surface area (Å²) in [7, 11) is -2.22. The van der Waals surface area contributed by atoms with Crippen LogP contribution in [0.3, 0.4) is 0 Å². The summed E-state index contributed by atoms with van der Waals surface area (Å²) < 4.78 is 0. The molecule has 0 aliphatic carbocycles. The molecule has 0 fully saturated rings. The number of imide groups is 1. The Balaban J connectivity index is 1.58. The predicted molar refractivity (Wildman–Crippen MR) is 138 cm³/mol. The molecule has 174 valence electrons. The zero-order valence-electron chi connectivity index (χ0n) is 18.9. The molecule has 6 nitrogen and oxygen atoms in total. The van der Waals surface area contributed by atoms with Crippen LogP contribution in [0.2, 0.25) is 0 Å². The molecule has 0 saturated carbocycles. The second-order valence-corrected chi connectivity index (χ2v) is 12.0. The molecule has 1 atom stereocenters. The van der Waals surface area contributed by atoms with E-state index in [9.17, 15) is 20.0 Å². The Hall–Kier alpha value is -3.67. The van der Waals surface area contributed by atoms with Gasteiger partial charge in [-0.2, -0.15) is 5.23 Å². The van der Waals surface area contributed by atoms with E-state index in [-0.39, 0.29) is 29.3 Å². The molecule has 4 aromatic carbocycles. The molecule has 5 rings (SSSR count). The molecule has 2 amide bonds. The number of hydrogen-bond acceptors (Lipinski definition) is 4. The molecule has 0 aromatic heterocycles. The van der Waals surface area contributed by atoms with Gasteiger partial charge in [0.05, 0.1) is 23.8 Å². The summed E-state index contributed by atoms with van der Waals surface area (Å²) in [5.41, 5.74) is 0.396. The molecule has 0 bridgehead atoms. The predicted octanol–water partition coefficient (Wildman–Crippen LogP) is 2.68. The normalized spacial score (nSPS) is 14.2. The molecule has 1 unspecified atom stereocenters. The van der Waals surface area contributed by atoms with Crippen molar-refractivity contribution in [2.24, 2.45) is 0 Å². The number of amides is 2. The van der Waals surface area contributed by atoms with Crippen molar-refractivity contribution in [2.75, 3.05) is 12.7 Å². The number of rotatable bonds is 7. The van der Waals surface area contributed by atoms with Gasteiger partial charge < -0.3 is 5.21 Å². The van der Waals surface area contributed by atoms with Crippen LogP contribution in [0.5, 0.6) is 0 Å². The van der Waals surface area contributed by atoms with Gasteiger partial charge in [-0.25, -0.2) is 5.21 Å². The van der Waals surface area contributed by atoms with Gasteiger partial charge in [-0.15, -0.1) is 0 Å². The molecule has 7 heteroatoms. The van der Waals surface area contributed by atoms with Crippen LogP contribution in [-0.4, -0.2) is 34.6 Å². The van der Waals surface area contributed by atoms with E-state index in [1.165, 1.54) is 39.0 Å². The highest BCUT2D eigenvalue weighted by Gasteiger charge is 2.47. The number of benzene rings is 4. The van der Waals surface area contributed by atoms with Crippen LogP contribution in [0.25, 0.3) is 0 Å². The molecule has 35 heavy (non-hydrogen) atoms. The lowest BCUT2D eigenvalue weighted by Gasteiger charge is -2.29. The number of carbonyl (C=O) groups is 2. The van der Waals surface area contributed by atoms with Crippen molar-refractivity contribution in [1.29, 1.82) is 0 Å². The van der Waals surface area contributed by atoms with E-state index >= 15 is 0 Å². The van der Waals surface area contributed by atoms with Crippen molar-refractivity contribution in [3.8, 4) is 0 Å². The van der Waals surface area contributed by atoms with Crippen LogP contribution in [0.15, 0.2) is 109 Å². The van der Waals surface area contributed by atoms with Gasteiger partial charge in [0.1, 0.15) is 23.2 Å². The van der Waals surface area contributed by atoms with E-state index in [4.69, 9.17) is 0 Å². The first-order valence-corrected chi connectivity index (χ1v) is 13.3. The highest BCUT2D eigenvalue weighted by Crippen LogP contribution is 2.55. The fourth-order valence-corrected chi connectivity index (χ4v) is 8.97. The van der Waals surface area contributed by atoms with Crippen LogP contribution >= 0.6 is 7.26 Å². The van der Waals surface area contributed by atoms with Crippen molar-refractivity contribution in [2.45, 2.75) is 0 Å². The Kier molecular flexibility index (Phi) is 6.29. The maximum atomic E-state index is 13.2. The van der Waals surface area contributed by atoms with E-state index in [0.29, 0.717) is 6.16 Å². The van der Waals surface area contributed by atoms with Crippen molar-refractivity contribution in [3.63, 3.8) is 0 Å². The fourth-order valence-electron chi connectivity index (χ4n) is 4.76. The van der Waals surface area contributed by atoms with Crippen molar-refractivity contribution < 1.29 is 20.0 Å². The van der Waals surface area contributed by atoms with Gasteiger partial charge in [0.15, 0.2) is 5.69 Å². The Morgan fingerprint density at radius 3 is 1.60 bits per heavy atom. The number of nitrogens with zero attached hydrogens (tertiary/aromatic N) is 1. The second-order valence-electron chi connectivity index (χ2n) is 8.37. The van der Waals surface area contributed by atoms with Crippen LogP contribution in [-0.2, 0) is 0 Å². The first-order chi connectivity index (χ1) is 17.0. The minimum atomic E-state index is -2.22. The van der Waals surface area contributed by atoms with E-state index in [2.05, 4.69) is 36.4 Å². The highest BCUT2D eigenvalue weighted by molar-refractivity contribution is 7.95. The van der Waals surface area contributed by atoms with E-state index < -0.39 is 18.4 Å². The lowest BCUT2D eigenvalue weighted by Crippen LogP contribution is -2.99. The highest BCUT2D eigenvalue weighted by atomic mass is 31.2. The third-order valence-corrected chi connectivity index (χ3v) is 10.9. The SMILES string of the molecule is O=C1c2ccc([NH+]([O-])O)cc2C(=O)N1CC[P+](c1ccccc1)(c1ccccc1)c1ccccc1. The van der Waals surface area contributed by atoms with Gasteiger partial charge in [0.25, 0.3) is 11.8 Å². The smallest absolute Gasteiger partial charge is 0.261 e. The third-order valence-electron chi connectivity index (χ3n) is 6.47. The van der Waals surface area contributed by atoms with E-state index in [1.54, 1.807) is 0 Å². The van der Waals surface area contributed by atoms with Crippen LogP contribution < -0.4 is 21.1 Å². The Bertz CT molecular complexity index is 1270. The largest absolute Gasteiger partial charge is 0.595 e. The average Bonchev–Trinajstić information content (AvgIpc) is 3.15. The summed E-state index contributed by atoms with van der Waals surface area (Å²) in [6.45, 7) is 0.223. The maximum absolute atomic E-state index is 13.2. The Morgan fingerprint density at radius 2 is 1.14 bits per heavy atom. The summed E-state index contributed by atoms with van der Waals surface area (Å²) in [6.07, 6.45) is 0.572. The monoisotopic (exact) mass is 483 g/mol. The number of fused-ring (bicyclic) bond motifs is 1. The molecular formula is C28H24N2O4P+. The molecule has 0 saturated heterocycles. The third kappa shape index (κ3) is 4.07. The topological polar surface area (TPSA) is 85.1 Å². The first-order valence-electron chi connectivity index (χ1n) is 11.3. The lowest BCUT2D eigenvalue weighted by atomic mass is 10.1. The van der Waals surface area contributed by atoms with Crippen LogP contribution in [0.1, 0.15) is 20.7 Å². The van der Waals surface area contributed by atoms with Gasteiger partial charge in [-0.3, -0.25) is 14.5 Å². The molecule has 2 N–H and O–H groups in total. The lowest BCUT2D eigenvalue weighted by molar-refractivity contribution is -0.991. The summed E-state index contributed by atoms with van der Waals surface area (Å²) in [6, 6.07) is 34.9. The maximum Gasteiger partial charge on any atom is 0.261 e. The second kappa shape index (κ2) is 9.53. The van der Waals surface area contributed by atoms with Gasteiger partial charge >= 0.3 is 0 Å². The standard InChI is InChI=1S/C28H24N2O4P/c31-27-25-17-16-21(30(33)34)20-26(25)28(32)29(27)18-19-35(22-10-4-1-5-11-22,23-12-6-2-7-13-23)24-14-8-3-9-15-24/h1-17,20,30,33H,18-19H2/q+1. The average molecular weight is 483 g/mol. The van der Waals surface area contributed by atoms with Crippen molar-refractivity contribution in [1.82, 2.24) is 4.90 Å². The fraction of sp³-hybridized carbons (Fsp3) is 0.0714. The summed E-state index contributed by atoms with van der Waals surface area (Å²) in [5, 5.41) is 23.1. The number of nitrogens with one attached hydrogen (secondary N) is 1. The van der Waals surface area contributed by atoms with E-state index in [0.717, 1.165) is 0 Å². The molecule has 0 spiro atoms. The minimum absolute atomic E-state index is 0.00791. The Labute approximate surface area is 203 Å². The molecule has 1 aliphatic heterocycles. The summed E-state index contributed by atoms with van der Waals surface area (Å²) in [5.74, 6) is -0.824. The summed E-state index contributed by atoms with van der Waals surface area (Å²) in [4.78, 5) is 27.7. The zero-order valence-corrected chi connectivity index (χ0v) is 19.8. The number of hydrogen-bond donors (Lipinski definition) is 2. The van der Waals surface area contributed by atoms with Crippen molar-refractivity contribution in [3.05, 3.63) is 126 Å². The van der Waals surface area contributed by atoms with Gasteiger partial charge in [0, 0.05) is 12.1 Å². The molecule has 0 radical (unpaired) electrons. The summed E-state index contributed by atoms with van der Waals surface area (Å²) >= 11 is 0. The number of carbonyl (C=O) groups excluding carboxylic acids is 2. The minimum Gasteiger partial charge on any atom is -0.595 e. The molecule has 1 heterocycles. The molecule has 1 aliphatic rings.